The number of rotatable bonds is 2. The van der Waals surface area contributed by atoms with Crippen LogP contribution in [0.15, 0.2) is 0 Å². The van der Waals surface area contributed by atoms with Crippen LogP contribution in [0.2, 0.25) is 0 Å². The van der Waals surface area contributed by atoms with E-state index in [1.165, 1.54) is 0 Å². The van der Waals surface area contributed by atoms with E-state index >= 15 is 0 Å². The van der Waals surface area contributed by atoms with Crippen LogP contribution >= 0.6 is 0 Å². The van der Waals surface area contributed by atoms with E-state index in [9.17, 15) is 10.5 Å². The molecule has 8 heteroatoms. The van der Waals surface area contributed by atoms with Gasteiger partial charge in [-0.25, -0.2) is 9.97 Å². The standard InChI is InChI=1S/C14H18N8/c15-9-11-13(21-5-1-17-2-6-21)19-12(10-16)14(20-11)22-7-3-18-4-8-22/h17-18H,1-8H2. The normalized spacial score (nSPS) is 18.6. The highest BCUT2D eigenvalue weighted by molar-refractivity contribution is 5.60. The summed E-state index contributed by atoms with van der Waals surface area (Å²) in [6.45, 7) is 6.43. The van der Waals surface area contributed by atoms with E-state index < -0.39 is 0 Å². The summed E-state index contributed by atoms with van der Waals surface area (Å²) in [5, 5.41) is 25.4. The monoisotopic (exact) mass is 298 g/mol. The molecule has 0 amide bonds. The van der Waals surface area contributed by atoms with E-state index in [0.29, 0.717) is 23.0 Å². The van der Waals surface area contributed by atoms with Crippen molar-refractivity contribution in [1.82, 2.24) is 20.6 Å². The van der Waals surface area contributed by atoms with Crippen molar-refractivity contribution in [3.8, 4) is 12.1 Å². The summed E-state index contributed by atoms with van der Waals surface area (Å²) in [5.41, 5.74) is 0.601. The summed E-state index contributed by atoms with van der Waals surface area (Å²) in [7, 11) is 0. The van der Waals surface area contributed by atoms with Crippen LogP contribution in [-0.4, -0.2) is 62.3 Å². The average molecular weight is 298 g/mol. The van der Waals surface area contributed by atoms with E-state index in [0.717, 1.165) is 52.4 Å². The zero-order valence-electron chi connectivity index (χ0n) is 12.3. The Kier molecular flexibility index (Phi) is 4.33. The van der Waals surface area contributed by atoms with Crippen molar-refractivity contribution in [3.63, 3.8) is 0 Å². The second kappa shape index (κ2) is 6.56. The van der Waals surface area contributed by atoms with Gasteiger partial charge >= 0.3 is 0 Å². The molecule has 2 saturated heterocycles. The first-order chi connectivity index (χ1) is 10.8. The van der Waals surface area contributed by atoms with Crippen molar-refractivity contribution < 1.29 is 0 Å². The van der Waals surface area contributed by atoms with Gasteiger partial charge in [0.1, 0.15) is 12.1 Å². The topological polar surface area (TPSA) is 104 Å². The van der Waals surface area contributed by atoms with Crippen LogP contribution in [0, 0.1) is 22.7 Å². The molecule has 3 rings (SSSR count). The lowest BCUT2D eigenvalue weighted by atomic mass is 10.2. The molecule has 1 aromatic rings. The van der Waals surface area contributed by atoms with Crippen LogP contribution in [-0.2, 0) is 0 Å². The minimum Gasteiger partial charge on any atom is -0.352 e. The molecule has 114 valence electrons. The molecule has 2 aliphatic heterocycles. The van der Waals surface area contributed by atoms with Gasteiger partial charge in [-0.2, -0.15) is 10.5 Å². The van der Waals surface area contributed by atoms with Crippen LogP contribution in [0.1, 0.15) is 11.4 Å². The Bertz CT molecular complexity index is 561. The van der Waals surface area contributed by atoms with Gasteiger partial charge in [0.05, 0.1) is 0 Å². The molecular formula is C14H18N8. The summed E-state index contributed by atoms with van der Waals surface area (Å²) in [5.74, 6) is 1.05. The molecule has 2 fully saturated rings. The zero-order valence-corrected chi connectivity index (χ0v) is 12.3. The molecule has 0 spiro atoms. The fraction of sp³-hybridized carbons (Fsp3) is 0.571. The third kappa shape index (κ3) is 2.80. The number of nitrogens with zero attached hydrogens (tertiary/aromatic N) is 6. The molecule has 0 radical (unpaired) electrons. The Labute approximate surface area is 129 Å². The summed E-state index contributed by atoms with van der Waals surface area (Å²) in [6.07, 6.45) is 0. The maximum Gasteiger partial charge on any atom is 0.185 e. The summed E-state index contributed by atoms with van der Waals surface area (Å²) in [4.78, 5) is 12.9. The Morgan fingerprint density at radius 2 is 1.09 bits per heavy atom. The first-order valence-electron chi connectivity index (χ1n) is 7.47. The number of nitriles is 2. The Hall–Kier alpha value is -2.42. The van der Waals surface area contributed by atoms with Crippen molar-refractivity contribution in [2.45, 2.75) is 0 Å². The molecule has 2 aliphatic rings. The van der Waals surface area contributed by atoms with Crippen LogP contribution in [0.4, 0.5) is 11.6 Å². The highest BCUT2D eigenvalue weighted by atomic mass is 15.3. The lowest BCUT2D eigenvalue weighted by molar-refractivity contribution is 0.577. The first-order valence-corrected chi connectivity index (χ1v) is 7.47. The van der Waals surface area contributed by atoms with Crippen molar-refractivity contribution >= 4 is 11.6 Å². The van der Waals surface area contributed by atoms with Crippen molar-refractivity contribution in [1.29, 1.82) is 10.5 Å². The van der Waals surface area contributed by atoms with E-state index in [4.69, 9.17) is 0 Å². The molecule has 0 unspecified atom stereocenters. The van der Waals surface area contributed by atoms with Gasteiger partial charge < -0.3 is 20.4 Å². The third-order valence-electron chi connectivity index (χ3n) is 3.90. The molecule has 0 bridgehead atoms. The minimum atomic E-state index is 0.300. The number of hydrogen-bond donors (Lipinski definition) is 2. The molecule has 3 heterocycles. The molecule has 0 aliphatic carbocycles. The van der Waals surface area contributed by atoms with E-state index in [1.54, 1.807) is 0 Å². The highest BCUT2D eigenvalue weighted by Gasteiger charge is 2.23. The Morgan fingerprint density at radius 1 is 0.727 bits per heavy atom. The molecule has 2 N–H and O–H groups in total. The number of hydrogen-bond acceptors (Lipinski definition) is 8. The number of piperazine rings is 2. The van der Waals surface area contributed by atoms with Gasteiger partial charge in [0.25, 0.3) is 0 Å². The summed E-state index contributed by atoms with van der Waals surface area (Å²) < 4.78 is 0. The number of aromatic nitrogens is 2. The molecular weight excluding hydrogens is 280 g/mol. The third-order valence-corrected chi connectivity index (χ3v) is 3.90. The van der Waals surface area contributed by atoms with E-state index in [-0.39, 0.29) is 0 Å². The quantitative estimate of drug-likeness (QED) is 0.719. The summed E-state index contributed by atoms with van der Waals surface area (Å²) in [6, 6.07) is 4.27. The second-order valence-corrected chi connectivity index (χ2v) is 5.27. The van der Waals surface area contributed by atoms with Crippen LogP contribution in [0.3, 0.4) is 0 Å². The van der Waals surface area contributed by atoms with Crippen molar-refractivity contribution in [2.75, 3.05) is 62.2 Å². The molecule has 1 aromatic heterocycles. The molecule has 0 aromatic carbocycles. The maximum absolute atomic E-state index is 9.43. The predicted molar refractivity (Wildman–Crippen MR) is 81.6 cm³/mol. The molecule has 0 saturated carbocycles. The number of nitrogens with one attached hydrogen (secondary N) is 2. The van der Waals surface area contributed by atoms with Crippen molar-refractivity contribution in [2.24, 2.45) is 0 Å². The van der Waals surface area contributed by atoms with Gasteiger partial charge in [0.15, 0.2) is 23.0 Å². The van der Waals surface area contributed by atoms with Crippen LogP contribution in [0.5, 0.6) is 0 Å². The van der Waals surface area contributed by atoms with Gasteiger partial charge in [-0.05, 0) is 0 Å². The fourth-order valence-corrected chi connectivity index (χ4v) is 2.76. The van der Waals surface area contributed by atoms with Gasteiger partial charge in [-0.3, -0.25) is 0 Å². The number of anilines is 2. The van der Waals surface area contributed by atoms with Gasteiger partial charge in [0.2, 0.25) is 0 Å². The lowest BCUT2D eigenvalue weighted by Gasteiger charge is -2.31. The van der Waals surface area contributed by atoms with Gasteiger partial charge in [0, 0.05) is 52.4 Å². The average Bonchev–Trinajstić information content (AvgIpc) is 2.62. The Morgan fingerprint density at radius 3 is 1.41 bits per heavy atom. The van der Waals surface area contributed by atoms with E-state index in [2.05, 4.69) is 32.7 Å². The van der Waals surface area contributed by atoms with Crippen molar-refractivity contribution in [3.05, 3.63) is 11.4 Å². The Balaban J connectivity index is 1.98. The molecule has 22 heavy (non-hydrogen) atoms. The summed E-state index contributed by atoms with van der Waals surface area (Å²) >= 11 is 0. The van der Waals surface area contributed by atoms with Gasteiger partial charge in [-0.1, -0.05) is 0 Å². The van der Waals surface area contributed by atoms with Crippen LogP contribution < -0.4 is 20.4 Å². The van der Waals surface area contributed by atoms with Crippen LogP contribution in [0.25, 0.3) is 0 Å². The molecule has 8 nitrogen and oxygen atoms in total. The second-order valence-electron chi connectivity index (χ2n) is 5.27. The lowest BCUT2D eigenvalue weighted by Crippen LogP contribution is -2.45. The first kappa shape index (κ1) is 14.5. The van der Waals surface area contributed by atoms with E-state index in [1.807, 2.05) is 9.80 Å². The SMILES string of the molecule is N#Cc1nc(N2CCNCC2)c(C#N)nc1N1CCNCC1. The largest absolute Gasteiger partial charge is 0.352 e. The predicted octanol–water partition coefficient (Wildman–Crippen LogP) is -0.961. The highest BCUT2D eigenvalue weighted by Crippen LogP contribution is 2.23. The van der Waals surface area contributed by atoms with Gasteiger partial charge in [-0.15, -0.1) is 0 Å². The molecule has 0 atom stereocenters. The maximum atomic E-state index is 9.43. The minimum absolute atomic E-state index is 0.300. The fourth-order valence-electron chi connectivity index (χ4n) is 2.76. The smallest absolute Gasteiger partial charge is 0.185 e. The zero-order chi connectivity index (χ0) is 15.4.